The molecule has 0 bridgehead atoms. The van der Waals surface area contributed by atoms with Crippen LogP contribution in [0.4, 0.5) is 0 Å². The number of benzene rings is 3. The van der Waals surface area contributed by atoms with Crippen molar-refractivity contribution in [1.29, 1.82) is 0 Å². The van der Waals surface area contributed by atoms with Gasteiger partial charge in [0.2, 0.25) is 26.0 Å². The molecule has 0 atom stereocenters. The molecule has 1 aliphatic heterocycles. The highest BCUT2D eigenvalue weighted by Crippen LogP contribution is 2.26. The summed E-state index contributed by atoms with van der Waals surface area (Å²) in [4.78, 5) is 13.1. The van der Waals surface area contributed by atoms with Gasteiger partial charge in [-0.15, -0.1) is 0 Å². The number of carbonyl (C=O) groups is 1. The molecule has 3 aromatic carbocycles. The first-order chi connectivity index (χ1) is 18.5. The van der Waals surface area contributed by atoms with Crippen molar-refractivity contribution < 1.29 is 21.6 Å². The molecule has 39 heavy (non-hydrogen) atoms. The Morgan fingerprint density at radius 2 is 1.44 bits per heavy atom. The Balaban J connectivity index is 1.47. The molecule has 0 unspecified atom stereocenters. The minimum atomic E-state index is -4.04. The van der Waals surface area contributed by atoms with Gasteiger partial charge in [0, 0.05) is 30.7 Å². The van der Waals surface area contributed by atoms with Gasteiger partial charge in [0.15, 0.2) is 0 Å². The highest BCUT2D eigenvalue weighted by Gasteiger charge is 2.28. The van der Waals surface area contributed by atoms with Crippen LogP contribution in [0, 0.1) is 0 Å². The molecule has 208 valence electrons. The molecule has 0 saturated carbocycles. The fourth-order valence-electron chi connectivity index (χ4n) is 4.10. The number of hydrogen-bond donors (Lipinski definition) is 1. The predicted molar refractivity (Wildman–Crippen MR) is 154 cm³/mol. The maximum absolute atomic E-state index is 13.5. The number of rotatable bonds is 10. The second-order valence-corrected chi connectivity index (χ2v) is 14.6. The first-order valence-corrected chi connectivity index (χ1v) is 16.5. The van der Waals surface area contributed by atoms with Crippen LogP contribution >= 0.6 is 39.1 Å². The topological polar surface area (TPSA) is 104 Å². The first kappa shape index (κ1) is 30.0. The Kier molecular flexibility index (Phi) is 9.74. The molecule has 8 nitrogen and oxygen atoms in total. The summed E-state index contributed by atoms with van der Waals surface area (Å²) in [6.07, 6.45) is 1.70. The molecular weight excluding hydrogens is 649 g/mol. The summed E-state index contributed by atoms with van der Waals surface area (Å²) in [6.45, 7) is 0.581. The molecule has 1 N–H and O–H groups in total. The summed E-state index contributed by atoms with van der Waals surface area (Å²) in [7, 11) is -7.57. The summed E-state index contributed by atoms with van der Waals surface area (Å²) < 4.78 is 55.6. The smallest absolute Gasteiger partial charge is 0.243 e. The number of carbonyl (C=O) groups excluding carboxylic acids is 1. The Morgan fingerprint density at radius 1 is 0.846 bits per heavy atom. The van der Waals surface area contributed by atoms with Crippen molar-refractivity contribution >= 4 is 65.1 Å². The summed E-state index contributed by atoms with van der Waals surface area (Å²) >= 11 is 15.4. The van der Waals surface area contributed by atoms with Crippen molar-refractivity contribution in [2.75, 3.05) is 19.6 Å². The fourth-order valence-corrected chi connectivity index (χ4v) is 7.58. The zero-order valence-electron chi connectivity index (χ0n) is 20.7. The van der Waals surface area contributed by atoms with E-state index in [1.54, 1.807) is 42.5 Å². The van der Waals surface area contributed by atoms with Gasteiger partial charge in [-0.1, -0.05) is 57.3 Å². The highest BCUT2D eigenvalue weighted by atomic mass is 79.9. The summed E-state index contributed by atoms with van der Waals surface area (Å²) in [6, 6.07) is 17.2. The van der Waals surface area contributed by atoms with Gasteiger partial charge in [0.1, 0.15) is 0 Å². The zero-order chi connectivity index (χ0) is 28.2. The Bertz CT molecular complexity index is 1550. The standard InChI is InChI=1S/C26H26BrCl2N3O5S2/c27-21-6-10-23(11-7-21)39(36,37)32(17-20-5-12-24(28)25(29)15-20)18-26(33)30-16-19-3-8-22(9-4-19)38(34,35)31-13-1-2-14-31/h3-12,15H,1-2,13-14,16-18H2,(H,30,33). The van der Waals surface area contributed by atoms with E-state index in [1.165, 1.54) is 28.6 Å². The van der Waals surface area contributed by atoms with Crippen molar-refractivity contribution in [2.24, 2.45) is 0 Å². The molecule has 3 aromatic rings. The third-order valence-electron chi connectivity index (χ3n) is 6.23. The number of sulfonamides is 2. The maximum atomic E-state index is 13.5. The molecule has 13 heteroatoms. The van der Waals surface area contributed by atoms with E-state index < -0.39 is 32.5 Å². The highest BCUT2D eigenvalue weighted by molar-refractivity contribution is 9.10. The van der Waals surface area contributed by atoms with Gasteiger partial charge in [0.25, 0.3) is 0 Å². The van der Waals surface area contributed by atoms with E-state index in [0.717, 1.165) is 21.6 Å². The number of amides is 1. The SMILES string of the molecule is O=C(CN(Cc1ccc(Cl)c(Cl)c1)S(=O)(=O)c1ccc(Br)cc1)NCc1ccc(S(=O)(=O)N2CCCC2)cc1. The van der Waals surface area contributed by atoms with Crippen LogP contribution in [-0.2, 0) is 37.9 Å². The van der Waals surface area contributed by atoms with Gasteiger partial charge in [-0.2, -0.15) is 8.61 Å². The van der Waals surface area contributed by atoms with Crippen LogP contribution < -0.4 is 5.32 Å². The van der Waals surface area contributed by atoms with Crippen LogP contribution in [0.1, 0.15) is 24.0 Å². The van der Waals surface area contributed by atoms with Crippen LogP contribution in [0.15, 0.2) is 81.0 Å². The molecular formula is C26H26BrCl2N3O5S2. The van der Waals surface area contributed by atoms with Gasteiger partial charge >= 0.3 is 0 Å². The van der Waals surface area contributed by atoms with Gasteiger partial charge in [-0.3, -0.25) is 4.79 Å². The van der Waals surface area contributed by atoms with E-state index in [-0.39, 0.29) is 27.9 Å². The Labute approximate surface area is 247 Å². The number of hydrogen-bond acceptors (Lipinski definition) is 5. The van der Waals surface area contributed by atoms with Crippen molar-refractivity contribution in [3.63, 3.8) is 0 Å². The lowest BCUT2D eigenvalue weighted by Crippen LogP contribution is -2.40. The monoisotopic (exact) mass is 673 g/mol. The van der Waals surface area contributed by atoms with E-state index >= 15 is 0 Å². The molecule has 1 aliphatic rings. The number of halogens is 3. The quantitative estimate of drug-likeness (QED) is 0.324. The third kappa shape index (κ3) is 7.40. The van der Waals surface area contributed by atoms with E-state index in [1.807, 2.05) is 0 Å². The molecule has 1 amide bonds. The van der Waals surface area contributed by atoms with Gasteiger partial charge in [-0.25, -0.2) is 16.8 Å². The van der Waals surface area contributed by atoms with Crippen molar-refractivity contribution in [3.8, 4) is 0 Å². The van der Waals surface area contributed by atoms with Gasteiger partial charge in [-0.05, 0) is 72.5 Å². The summed E-state index contributed by atoms with van der Waals surface area (Å²) in [5.41, 5.74) is 1.24. The molecule has 1 heterocycles. The molecule has 0 aromatic heterocycles. The largest absolute Gasteiger partial charge is 0.351 e. The first-order valence-electron chi connectivity index (χ1n) is 12.0. The molecule has 1 saturated heterocycles. The van der Waals surface area contributed by atoms with Crippen LogP contribution in [0.25, 0.3) is 0 Å². The Morgan fingerprint density at radius 3 is 2.05 bits per heavy atom. The minimum Gasteiger partial charge on any atom is -0.351 e. The maximum Gasteiger partial charge on any atom is 0.243 e. The lowest BCUT2D eigenvalue weighted by molar-refractivity contribution is -0.121. The lowest BCUT2D eigenvalue weighted by atomic mass is 10.2. The van der Waals surface area contributed by atoms with E-state index in [4.69, 9.17) is 23.2 Å². The van der Waals surface area contributed by atoms with Crippen LogP contribution in [-0.4, -0.2) is 51.0 Å². The van der Waals surface area contributed by atoms with Crippen LogP contribution in [0.3, 0.4) is 0 Å². The molecule has 0 spiro atoms. The molecule has 4 rings (SSSR count). The van der Waals surface area contributed by atoms with E-state index in [0.29, 0.717) is 29.2 Å². The average molecular weight is 675 g/mol. The normalized spacial score (nSPS) is 14.6. The minimum absolute atomic E-state index is 0.0355. The van der Waals surface area contributed by atoms with E-state index in [9.17, 15) is 21.6 Å². The summed E-state index contributed by atoms with van der Waals surface area (Å²) in [5, 5.41) is 3.33. The van der Waals surface area contributed by atoms with Crippen LogP contribution in [0.2, 0.25) is 10.0 Å². The van der Waals surface area contributed by atoms with Crippen LogP contribution in [0.5, 0.6) is 0 Å². The zero-order valence-corrected chi connectivity index (χ0v) is 25.4. The number of nitrogens with zero attached hydrogens (tertiary/aromatic N) is 2. The molecule has 0 radical (unpaired) electrons. The van der Waals surface area contributed by atoms with Gasteiger partial charge in [0.05, 0.1) is 26.4 Å². The second-order valence-electron chi connectivity index (χ2n) is 9.01. The van der Waals surface area contributed by atoms with Gasteiger partial charge < -0.3 is 5.32 Å². The predicted octanol–water partition coefficient (Wildman–Crippen LogP) is 5.05. The number of nitrogens with one attached hydrogen (secondary N) is 1. The van der Waals surface area contributed by atoms with Crippen molar-refractivity contribution in [2.45, 2.75) is 35.7 Å². The lowest BCUT2D eigenvalue weighted by Gasteiger charge is -2.22. The van der Waals surface area contributed by atoms with Crippen molar-refractivity contribution in [3.05, 3.63) is 92.4 Å². The summed E-state index contributed by atoms with van der Waals surface area (Å²) in [5.74, 6) is -0.524. The van der Waals surface area contributed by atoms with Crippen molar-refractivity contribution in [1.82, 2.24) is 13.9 Å². The Hall–Kier alpha value is -1.99. The fraction of sp³-hybridized carbons (Fsp3) is 0.269. The molecule has 1 fully saturated rings. The molecule has 0 aliphatic carbocycles. The average Bonchev–Trinajstić information content (AvgIpc) is 3.46. The third-order valence-corrected chi connectivity index (χ3v) is 11.2. The second kappa shape index (κ2) is 12.7. The van der Waals surface area contributed by atoms with E-state index in [2.05, 4.69) is 21.2 Å².